The number of rotatable bonds is 3. The molecule has 0 spiro atoms. The molecule has 4 heteroatoms. The fraction of sp³-hybridized carbons (Fsp3) is 0.467. The number of carbonyl (C=O) groups is 2. The van der Waals surface area contributed by atoms with Crippen molar-refractivity contribution in [1.29, 1.82) is 0 Å². The Morgan fingerprint density at radius 3 is 2.37 bits per heavy atom. The summed E-state index contributed by atoms with van der Waals surface area (Å²) in [5, 5.41) is 11.9. The molecule has 0 heterocycles. The fourth-order valence-electron chi connectivity index (χ4n) is 2.58. The highest BCUT2D eigenvalue weighted by Gasteiger charge is 2.26. The summed E-state index contributed by atoms with van der Waals surface area (Å²) in [7, 11) is 0. The highest BCUT2D eigenvalue weighted by molar-refractivity contribution is 5.95. The molecule has 4 nitrogen and oxygen atoms in total. The molecule has 0 aromatic heterocycles. The first-order valence-electron chi connectivity index (χ1n) is 6.67. The van der Waals surface area contributed by atoms with E-state index in [-0.39, 0.29) is 17.9 Å². The largest absolute Gasteiger partial charge is 0.481 e. The summed E-state index contributed by atoms with van der Waals surface area (Å²) in [4.78, 5) is 23.0. The van der Waals surface area contributed by atoms with Crippen LogP contribution in [0, 0.1) is 12.8 Å². The molecule has 0 bridgehead atoms. The molecule has 1 aromatic rings. The predicted molar refractivity (Wildman–Crippen MR) is 72.0 cm³/mol. The van der Waals surface area contributed by atoms with Gasteiger partial charge in [0.15, 0.2) is 0 Å². The van der Waals surface area contributed by atoms with E-state index < -0.39 is 5.97 Å². The second kappa shape index (κ2) is 5.87. The summed E-state index contributed by atoms with van der Waals surface area (Å²) in [5.41, 5.74) is 1.65. The van der Waals surface area contributed by atoms with Gasteiger partial charge >= 0.3 is 5.97 Å². The third kappa shape index (κ3) is 3.34. The van der Waals surface area contributed by atoms with Crippen molar-refractivity contribution < 1.29 is 14.7 Å². The summed E-state index contributed by atoms with van der Waals surface area (Å²) in [6, 6.07) is 7.58. The van der Waals surface area contributed by atoms with Crippen LogP contribution in [0.2, 0.25) is 0 Å². The van der Waals surface area contributed by atoms with Crippen LogP contribution >= 0.6 is 0 Å². The molecule has 1 fully saturated rings. The number of hydrogen-bond donors (Lipinski definition) is 2. The van der Waals surface area contributed by atoms with Gasteiger partial charge in [-0.15, -0.1) is 0 Å². The molecule has 1 aliphatic carbocycles. The first-order chi connectivity index (χ1) is 9.08. The van der Waals surface area contributed by atoms with E-state index in [4.69, 9.17) is 5.11 Å². The van der Waals surface area contributed by atoms with Crippen LogP contribution in [0.15, 0.2) is 24.3 Å². The number of nitrogens with one attached hydrogen (secondary N) is 1. The number of hydrogen-bond acceptors (Lipinski definition) is 2. The van der Waals surface area contributed by atoms with E-state index in [9.17, 15) is 9.59 Å². The molecule has 1 amide bonds. The summed E-state index contributed by atoms with van der Waals surface area (Å²) in [5.74, 6) is -1.02. The van der Waals surface area contributed by atoms with Crippen LogP contribution in [0.3, 0.4) is 0 Å². The van der Waals surface area contributed by atoms with Gasteiger partial charge in [0.25, 0.3) is 5.91 Å². The molecule has 0 atom stereocenters. The Kier molecular flexibility index (Phi) is 4.20. The minimum Gasteiger partial charge on any atom is -0.481 e. The first kappa shape index (κ1) is 13.6. The van der Waals surface area contributed by atoms with Gasteiger partial charge in [0.1, 0.15) is 0 Å². The molecule has 2 N–H and O–H groups in total. The average Bonchev–Trinajstić information content (AvgIpc) is 2.39. The summed E-state index contributed by atoms with van der Waals surface area (Å²) >= 11 is 0. The highest BCUT2D eigenvalue weighted by atomic mass is 16.4. The van der Waals surface area contributed by atoms with Crippen molar-refractivity contribution in [2.75, 3.05) is 0 Å². The van der Waals surface area contributed by atoms with E-state index in [2.05, 4.69) is 5.32 Å². The molecule has 0 aliphatic heterocycles. The standard InChI is InChI=1S/C15H19NO3/c1-10-4-2-3-5-13(10)14(17)16-12-8-6-11(7-9-12)15(18)19/h2-5,11-12H,6-9H2,1H3,(H,16,17)(H,18,19)/t11-,12+. The van der Waals surface area contributed by atoms with Crippen molar-refractivity contribution in [2.45, 2.75) is 38.6 Å². The zero-order chi connectivity index (χ0) is 13.8. The van der Waals surface area contributed by atoms with Crippen molar-refractivity contribution in [3.05, 3.63) is 35.4 Å². The van der Waals surface area contributed by atoms with Gasteiger partial charge < -0.3 is 10.4 Å². The molecular weight excluding hydrogens is 242 g/mol. The monoisotopic (exact) mass is 261 g/mol. The Morgan fingerprint density at radius 1 is 1.16 bits per heavy atom. The number of carboxylic acid groups (broad SMARTS) is 1. The summed E-state index contributed by atoms with van der Waals surface area (Å²) in [6.45, 7) is 1.91. The van der Waals surface area contributed by atoms with E-state index in [0.29, 0.717) is 18.4 Å². The van der Waals surface area contributed by atoms with Gasteiger partial charge in [-0.25, -0.2) is 0 Å². The van der Waals surface area contributed by atoms with Crippen LogP contribution in [-0.2, 0) is 4.79 Å². The molecule has 1 aromatic carbocycles. The molecule has 1 aliphatic rings. The zero-order valence-corrected chi connectivity index (χ0v) is 11.1. The number of carbonyl (C=O) groups excluding carboxylic acids is 1. The van der Waals surface area contributed by atoms with Crippen LogP contribution in [0.25, 0.3) is 0 Å². The van der Waals surface area contributed by atoms with Crippen molar-refractivity contribution in [2.24, 2.45) is 5.92 Å². The Balaban J connectivity index is 1.91. The Labute approximate surface area is 112 Å². The van der Waals surface area contributed by atoms with Crippen LogP contribution in [0.5, 0.6) is 0 Å². The number of benzene rings is 1. The van der Waals surface area contributed by atoms with E-state index in [0.717, 1.165) is 18.4 Å². The van der Waals surface area contributed by atoms with Gasteiger partial charge in [0, 0.05) is 11.6 Å². The topological polar surface area (TPSA) is 66.4 Å². The normalized spacial score (nSPS) is 22.8. The highest BCUT2D eigenvalue weighted by Crippen LogP contribution is 2.24. The van der Waals surface area contributed by atoms with Crippen molar-refractivity contribution in [3.63, 3.8) is 0 Å². The minimum absolute atomic E-state index is 0.0584. The van der Waals surface area contributed by atoms with E-state index >= 15 is 0 Å². The van der Waals surface area contributed by atoms with Crippen LogP contribution < -0.4 is 5.32 Å². The zero-order valence-electron chi connectivity index (χ0n) is 11.1. The maximum Gasteiger partial charge on any atom is 0.306 e. The lowest BCUT2D eigenvalue weighted by atomic mass is 9.86. The number of carboxylic acids is 1. The minimum atomic E-state index is -0.719. The second-order valence-corrected chi connectivity index (χ2v) is 5.18. The Morgan fingerprint density at radius 2 is 1.79 bits per heavy atom. The van der Waals surface area contributed by atoms with Crippen LogP contribution in [0.4, 0.5) is 0 Å². The third-order valence-electron chi connectivity index (χ3n) is 3.80. The van der Waals surface area contributed by atoms with Gasteiger partial charge in [0.2, 0.25) is 0 Å². The molecule has 0 radical (unpaired) electrons. The van der Waals surface area contributed by atoms with Gasteiger partial charge in [-0.1, -0.05) is 18.2 Å². The lowest BCUT2D eigenvalue weighted by Crippen LogP contribution is -2.38. The molecular formula is C15H19NO3. The van der Waals surface area contributed by atoms with Crippen molar-refractivity contribution in [3.8, 4) is 0 Å². The van der Waals surface area contributed by atoms with Gasteiger partial charge in [0.05, 0.1) is 5.92 Å². The number of aliphatic carboxylic acids is 1. The Bertz CT molecular complexity index is 476. The molecule has 0 unspecified atom stereocenters. The van der Waals surface area contributed by atoms with E-state index in [1.807, 2.05) is 31.2 Å². The van der Waals surface area contributed by atoms with Gasteiger partial charge in [-0.2, -0.15) is 0 Å². The number of amides is 1. The van der Waals surface area contributed by atoms with Crippen molar-refractivity contribution >= 4 is 11.9 Å². The third-order valence-corrected chi connectivity index (χ3v) is 3.80. The maximum atomic E-state index is 12.1. The smallest absolute Gasteiger partial charge is 0.306 e. The second-order valence-electron chi connectivity index (χ2n) is 5.18. The van der Waals surface area contributed by atoms with Crippen LogP contribution in [-0.4, -0.2) is 23.0 Å². The molecule has 2 rings (SSSR count). The number of aryl methyl sites for hydroxylation is 1. The van der Waals surface area contributed by atoms with Crippen LogP contribution in [0.1, 0.15) is 41.6 Å². The van der Waals surface area contributed by atoms with Gasteiger partial charge in [-0.05, 0) is 44.2 Å². The molecule has 19 heavy (non-hydrogen) atoms. The van der Waals surface area contributed by atoms with E-state index in [1.165, 1.54) is 0 Å². The van der Waals surface area contributed by atoms with E-state index in [1.54, 1.807) is 0 Å². The molecule has 102 valence electrons. The lowest BCUT2D eigenvalue weighted by Gasteiger charge is -2.27. The molecule has 1 saturated carbocycles. The molecule has 0 saturated heterocycles. The maximum absolute atomic E-state index is 12.1. The Hall–Kier alpha value is -1.84. The summed E-state index contributed by atoms with van der Waals surface area (Å²) < 4.78 is 0. The quantitative estimate of drug-likeness (QED) is 0.877. The lowest BCUT2D eigenvalue weighted by molar-refractivity contribution is -0.142. The van der Waals surface area contributed by atoms with Gasteiger partial charge in [-0.3, -0.25) is 9.59 Å². The SMILES string of the molecule is Cc1ccccc1C(=O)N[C@H]1CC[C@@H](C(=O)O)CC1. The predicted octanol–water partition coefficient (Wildman–Crippen LogP) is 2.37. The average molecular weight is 261 g/mol. The first-order valence-corrected chi connectivity index (χ1v) is 6.67. The summed E-state index contributed by atoms with van der Waals surface area (Å²) in [6.07, 6.45) is 2.78. The fourth-order valence-corrected chi connectivity index (χ4v) is 2.58. The van der Waals surface area contributed by atoms with Crippen molar-refractivity contribution in [1.82, 2.24) is 5.32 Å².